The van der Waals surface area contributed by atoms with Crippen LogP contribution in [0.2, 0.25) is 0 Å². The Morgan fingerprint density at radius 2 is 2.25 bits per heavy atom. The maximum absolute atomic E-state index is 5.24. The third kappa shape index (κ3) is 4.97. The van der Waals surface area contributed by atoms with Crippen molar-refractivity contribution < 1.29 is 4.74 Å². The zero-order chi connectivity index (χ0) is 9.40. The summed E-state index contributed by atoms with van der Waals surface area (Å²) >= 11 is 0. The summed E-state index contributed by atoms with van der Waals surface area (Å²) in [5, 5.41) is 3.07. The minimum absolute atomic E-state index is 0.269. The van der Waals surface area contributed by atoms with Crippen molar-refractivity contribution in [3.05, 3.63) is 24.4 Å². The molecule has 0 aromatic heterocycles. The highest BCUT2D eigenvalue weighted by molar-refractivity contribution is 4.96. The predicted octanol–water partition coefficient (Wildman–Crippen LogP) is 2.09. The van der Waals surface area contributed by atoms with Crippen LogP contribution in [0.3, 0.4) is 0 Å². The van der Waals surface area contributed by atoms with Crippen LogP contribution in [0.5, 0.6) is 0 Å². The van der Waals surface area contributed by atoms with Crippen LogP contribution >= 0.6 is 0 Å². The van der Waals surface area contributed by atoms with Gasteiger partial charge in [-0.15, -0.1) is 6.58 Å². The smallest absolute Gasteiger partial charge is 0.0640 e. The second kappa shape index (κ2) is 6.92. The van der Waals surface area contributed by atoms with Crippen molar-refractivity contribution in [2.45, 2.75) is 25.9 Å². The van der Waals surface area contributed by atoms with Crippen LogP contribution in [-0.2, 0) is 4.74 Å². The first-order chi connectivity index (χ1) is 5.74. The molecule has 1 atom stereocenters. The van der Waals surface area contributed by atoms with Crippen LogP contribution in [0.4, 0.5) is 0 Å². The fourth-order valence-corrected chi connectivity index (χ4v) is 0.885. The van der Waals surface area contributed by atoms with Gasteiger partial charge < -0.3 is 10.1 Å². The van der Waals surface area contributed by atoms with Gasteiger partial charge in [0.25, 0.3) is 0 Å². The van der Waals surface area contributed by atoms with Crippen molar-refractivity contribution in [3.8, 4) is 0 Å². The van der Waals surface area contributed by atoms with Crippen LogP contribution in [0, 0.1) is 0 Å². The molecule has 70 valence electrons. The van der Waals surface area contributed by atoms with Crippen LogP contribution in [-0.4, -0.2) is 20.3 Å². The molecule has 0 saturated carbocycles. The van der Waals surface area contributed by atoms with Crippen molar-refractivity contribution >= 4 is 0 Å². The maximum Gasteiger partial charge on any atom is 0.0640 e. The molecule has 0 saturated heterocycles. The number of ether oxygens (including phenoxy) is 1. The number of nitrogens with one attached hydrogen (secondary N) is 1. The normalized spacial score (nSPS) is 14.1. The lowest BCUT2D eigenvalue weighted by atomic mass is 10.1. The average Bonchev–Trinajstić information content (AvgIpc) is 2.11. The van der Waals surface area contributed by atoms with Crippen molar-refractivity contribution in [1.82, 2.24) is 5.32 Å². The molecule has 2 nitrogen and oxygen atoms in total. The Hall–Kier alpha value is -0.760. The Morgan fingerprint density at radius 1 is 1.58 bits per heavy atom. The number of rotatable bonds is 6. The molecule has 0 radical (unpaired) electrons. The van der Waals surface area contributed by atoms with Gasteiger partial charge in [0.2, 0.25) is 0 Å². The zero-order valence-electron chi connectivity index (χ0n) is 8.26. The highest BCUT2D eigenvalue weighted by atomic mass is 16.5. The predicted molar refractivity (Wildman–Crippen MR) is 53.0 cm³/mol. The topological polar surface area (TPSA) is 21.3 Å². The van der Waals surface area contributed by atoms with Crippen molar-refractivity contribution in [1.29, 1.82) is 0 Å². The molecule has 0 amide bonds. The van der Waals surface area contributed by atoms with E-state index in [1.165, 1.54) is 5.70 Å². The van der Waals surface area contributed by atoms with Gasteiger partial charge in [0, 0.05) is 19.9 Å². The molecule has 0 spiro atoms. The van der Waals surface area contributed by atoms with Gasteiger partial charge in [-0.05, 0) is 19.8 Å². The van der Waals surface area contributed by atoms with Gasteiger partial charge in [0.1, 0.15) is 0 Å². The Kier molecular flexibility index (Phi) is 6.48. The standard InChI is InChI=1S/C10H19NO/c1-5-6-10(12-4)8-7-9(2)11-3/h5,7,10-11H,1,6,8H2,2-4H3/b9-7+. The first-order valence-electron chi connectivity index (χ1n) is 4.22. The summed E-state index contributed by atoms with van der Waals surface area (Å²) in [6, 6.07) is 0. The third-order valence-electron chi connectivity index (χ3n) is 1.84. The zero-order valence-corrected chi connectivity index (χ0v) is 8.26. The van der Waals surface area contributed by atoms with Gasteiger partial charge in [0.15, 0.2) is 0 Å². The average molecular weight is 169 g/mol. The van der Waals surface area contributed by atoms with E-state index in [1.54, 1.807) is 7.11 Å². The minimum atomic E-state index is 0.269. The second-order valence-corrected chi connectivity index (χ2v) is 2.75. The summed E-state index contributed by atoms with van der Waals surface area (Å²) in [6.45, 7) is 5.72. The maximum atomic E-state index is 5.24. The van der Waals surface area contributed by atoms with Gasteiger partial charge in [0.05, 0.1) is 6.10 Å². The molecule has 0 heterocycles. The van der Waals surface area contributed by atoms with E-state index >= 15 is 0 Å². The molecule has 12 heavy (non-hydrogen) atoms. The highest BCUT2D eigenvalue weighted by Gasteiger charge is 2.01. The number of allylic oxidation sites excluding steroid dienone is 1. The van der Waals surface area contributed by atoms with Crippen molar-refractivity contribution in [2.75, 3.05) is 14.2 Å². The summed E-state index contributed by atoms with van der Waals surface area (Å²) in [6.07, 6.45) is 6.14. The molecular weight excluding hydrogens is 150 g/mol. The molecule has 0 fully saturated rings. The van der Waals surface area contributed by atoms with Crippen molar-refractivity contribution in [2.24, 2.45) is 0 Å². The van der Waals surface area contributed by atoms with E-state index in [2.05, 4.69) is 18.0 Å². The highest BCUT2D eigenvalue weighted by Crippen LogP contribution is 2.05. The Balaban J connectivity index is 3.77. The number of methoxy groups -OCH3 is 1. The molecule has 1 unspecified atom stereocenters. The van der Waals surface area contributed by atoms with E-state index in [9.17, 15) is 0 Å². The minimum Gasteiger partial charge on any atom is -0.392 e. The lowest BCUT2D eigenvalue weighted by Gasteiger charge is -2.10. The molecule has 1 N–H and O–H groups in total. The van der Waals surface area contributed by atoms with Crippen LogP contribution in [0.15, 0.2) is 24.4 Å². The molecule has 0 aromatic carbocycles. The molecule has 0 aromatic rings. The van der Waals surface area contributed by atoms with Crippen LogP contribution in [0.25, 0.3) is 0 Å². The SMILES string of the molecule is C=CCC(C/C=C(\C)NC)OC. The van der Waals surface area contributed by atoms with Gasteiger partial charge in [-0.2, -0.15) is 0 Å². The van der Waals surface area contributed by atoms with Gasteiger partial charge in [-0.25, -0.2) is 0 Å². The Morgan fingerprint density at radius 3 is 2.67 bits per heavy atom. The summed E-state index contributed by atoms with van der Waals surface area (Å²) < 4.78 is 5.24. The van der Waals surface area contributed by atoms with Gasteiger partial charge >= 0.3 is 0 Å². The fourth-order valence-electron chi connectivity index (χ4n) is 0.885. The van der Waals surface area contributed by atoms with E-state index in [1.807, 2.05) is 20.0 Å². The Bertz CT molecular complexity index is 152. The summed E-state index contributed by atoms with van der Waals surface area (Å²) in [5.74, 6) is 0. The fraction of sp³-hybridized carbons (Fsp3) is 0.600. The summed E-state index contributed by atoms with van der Waals surface area (Å²) in [7, 11) is 3.65. The summed E-state index contributed by atoms with van der Waals surface area (Å²) in [4.78, 5) is 0. The van der Waals surface area contributed by atoms with E-state index in [0.29, 0.717) is 0 Å². The van der Waals surface area contributed by atoms with E-state index in [-0.39, 0.29) is 6.10 Å². The molecule has 0 rings (SSSR count). The van der Waals surface area contributed by atoms with Gasteiger partial charge in [-0.3, -0.25) is 0 Å². The number of hydrogen-bond acceptors (Lipinski definition) is 2. The summed E-state index contributed by atoms with van der Waals surface area (Å²) in [5.41, 5.74) is 1.18. The lowest BCUT2D eigenvalue weighted by Crippen LogP contribution is -2.09. The first kappa shape index (κ1) is 11.2. The first-order valence-corrected chi connectivity index (χ1v) is 4.22. The lowest BCUT2D eigenvalue weighted by molar-refractivity contribution is 0.108. The molecular formula is C10H19NO. The number of hydrogen-bond donors (Lipinski definition) is 1. The van der Waals surface area contributed by atoms with E-state index in [4.69, 9.17) is 4.74 Å². The van der Waals surface area contributed by atoms with Crippen LogP contribution in [0.1, 0.15) is 19.8 Å². The Labute approximate surface area is 75.3 Å². The third-order valence-corrected chi connectivity index (χ3v) is 1.84. The molecule has 2 heteroatoms. The monoisotopic (exact) mass is 169 g/mol. The molecule has 0 bridgehead atoms. The van der Waals surface area contributed by atoms with Gasteiger partial charge in [-0.1, -0.05) is 12.2 Å². The molecule has 0 aliphatic carbocycles. The van der Waals surface area contributed by atoms with Crippen LogP contribution < -0.4 is 5.32 Å². The van der Waals surface area contributed by atoms with Crippen molar-refractivity contribution in [3.63, 3.8) is 0 Å². The largest absolute Gasteiger partial charge is 0.392 e. The second-order valence-electron chi connectivity index (χ2n) is 2.75. The molecule has 0 aliphatic heterocycles. The molecule has 0 aliphatic rings. The van der Waals surface area contributed by atoms with E-state index < -0.39 is 0 Å². The quantitative estimate of drug-likeness (QED) is 0.615. The van der Waals surface area contributed by atoms with E-state index in [0.717, 1.165) is 12.8 Å².